The molecule has 15 heteroatoms. The first-order valence-corrected chi connectivity index (χ1v) is 14.8. The van der Waals surface area contributed by atoms with Crippen LogP contribution in [-0.2, 0) is 6.54 Å². The zero-order chi connectivity index (χ0) is 34.1. The summed E-state index contributed by atoms with van der Waals surface area (Å²) < 4.78 is 77.5. The topological polar surface area (TPSA) is 111 Å². The Bertz CT molecular complexity index is 2100. The molecule has 0 unspecified atom stereocenters. The molecule has 6 rings (SSSR count). The molecule has 0 bridgehead atoms. The molecular formula is C33H30F4N6O5. The van der Waals surface area contributed by atoms with Crippen LogP contribution in [0.4, 0.5) is 28.9 Å². The fraction of sp³-hybridized carbons (Fsp3) is 0.273. The molecular weight excluding hydrogens is 636 g/mol. The Morgan fingerprint density at radius 1 is 0.917 bits per heavy atom. The van der Waals surface area contributed by atoms with Gasteiger partial charge in [-0.15, -0.1) is 0 Å². The van der Waals surface area contributed by atoms with E-state index < -0.39 is 53.0 Å². The van der Waals surface area contributed by atoms with Gasteiger partial charge in [-0.05, 0) is 31.3 Å². The number of ether oxygens (including phenoxy) is 3. The SMILES string of the molecule is COc1cc2ncnc(Oc3ccc(NC(=O)c4cn(CCF)c5c(F)c(N6CCN(C)CC6)c(F)cc5c4=O)cc3F)c2cc1OC. The predicted octanol–water partition coefficient (Wildman–Crippen LogP) is 5.15. The van der Waals surface area contributed by atoms with Crippen LogP contribution in [0.5, 0.6) is 23.1 Å². The minimum atomic E-state index is -1.02. The molecule has 3 heterocycles. The van der Waals surface area contributed by atoms with Gasteiger partial charge in [-0.2, -0.15) is 0 Å². The van der Waals surface area contributed by atoms with E-state index in [1.54, 1.807) is 12.1 Å². The maximum Gasteiger partial charge on any atom is 0.261 e. The summed E-state index contributed by atoms with van der Waals surface area (Å²) in [6, 6.07) is 7.59. The molecule has 1 aliphatic heterocycles. The van der Waals surface area contributed by atoms with Crippen LogP contribution >= 0.6 is 0 Å². The number of halogens is 4. The largest absolute Gasteiger partial charge is 0.493 e. The smallest absolute Gasteiger partial charge is 0.261 e. The van der Waals surface area contributed by atoms with Crippen LogP contribution in [0.3, 0.4) is 0 Å². The average Bonchev–Trinajstić information content (AvgIpc) is 3.07. The fourth-order valence-corrected chi connectivity index (χ4v) is 5.63. The molecule has 1 N–H and O–H groups in total. The minimum Gasteiger partial charge on any atom is -0.493 e. The van der Waals surface area contributed by atoms with Crippen LogP contribution in [0, 0.1) is 17.5 Å². The number of carbonyl (C=O) groups is 1. The molecule has 0 saturated carbocycles. The van der Waals surface area contributed by atoms with Gasteiger partial charge < -0.3 is 33.9 Å². The third-order valence-electron chi connectivity index (χ3n) is 8.12. The van der Waals surface area contributed by atoms with Crippen molar-refractivity contribution in [3.8, 4) is 23.1 Å². The Labute approximate surface area is 271 Å². The number of nitrogens with one attached hydrogen (secondary N) is 1. The lowest BCUT2D eigenvalue weighted by atomic mass is 10.1. The normalized spacial score (nSPS) is 13.6. The first kappa shape index (κ1) is 32.5. The van der Waals surface area contributed by atoms with Gasteiger partial charge in [0.05, 0.1) is 42.6 Å². The minimum absolute atomic E-state index is 0.0245. The van der Waals surface area contributed by atoms with Crippen LogP contribution < -0.4 is 29.9 Å². The second kappa shape index (κ2) is 13.4. The van der Waals surface area contributed by atoms with Gasteiger partial charge in [0.2, 0.25) is 11.3 Å². The van der Waals surface area contributed by atoms with Crippen LogP contribution in [0.25, 0.3) is 21.8 Å². The number of anilines is 2. The molecule has 0 radical (unpaired) electrons. The van der Waals surface area contributed by atoms with Crippen LogP contribution in [0.1, 0.15) is 10.4 Å². The Hall–Kier alpha value is -5.44. The molecule has 1 fully saturated rings. The number of aromatic nitrogens is 3. The maximum absolute atomic E-state index is 15.9. The standard InChI is InChI=1S/C33H30F4N6O5/c1-41-8-10-42(11-9-41)30-23(36)13-20-29(28(30)37)43(7-6-34)16-21(31(20)44)32(45)40-18-4-5-25(22(35)12-18)48-33-19-14-26(46-2)27(47-3)15-24(19)38-17-39-33/h4-5,12-17H,6-11H2,1-3H3,(H,40,45). The van der Waals surface area contributed by atoms with E-state index in [9.17, 15) is 14.0 Å². The molecule has 3 aromatic carbocycles. The number of rotatable bonds is 9. The van der Waals surface area contributed by atoms with Gasteiger partial charge in [0.1, 0.15) is 30.1 Å². The fourth-order valence-electron chi connectivity index (χ4n) is 5.63. The number of fused-ring (bicyclic) bond motifs is 2. The third kappa shape index (κ3) is 6.03. The average molecular weight is 667 g/mol. The molecule has 0 atom stereocenters. The number of aryl methyl sites for hydroxylation is 1. The monoisotopic (exact) mass is 666 g/mol. The van der Waals surface area contributed by atoms with Crippen molar-refractivity contribution in [2.45, 2.75) is 6.54 Å². The first-order valence-electron chi connectivity index (χ1n) is 14.8. The van der Waals surface area contributed by atoms with E-state index in [1.165, 1.54) is 37.6 Å². The summed E-state index contributed by atoms with van der Waals surface area (Å²) in [7, 11) is 4.82. The summed E-state index contributed by atoms with van der Waals surface area (Å²) in [6.07, 6.45) is 2.26. The number of methoxy groups -OCH3 is 2. The Kier molecular flexibility index (Phi) is 9.04. The molecule has 11 nitrogen and oxygen atoms in total. The van der Waals surface area contributed by atoms with Crippen molar-refractivity contribution in [1.82, 2.24) is 19.4 Å². The number of nitrogens with zero attached hydrogens (tertiary/aromatic N) is 5. The number of benzene rings is 3. The van der Waals surface area contributed by atoms with Gasteiger partial charge in [0.25, 0.3) is 5.91 Å². The highest BCUT2D eigenvalue weighted by Gasteiger charge is 2.27. The lowest BCUT2D eigenvalue weighted by molar-refractivity contribution is 0.102. The number of amides is 1. The number of pyridine rings is 1. The highest BCUT2D eigenvalue weighted by Crippen LogP contribution is 2.37. The summed E-state index contributed by atoms with van der Waals surface area (Å²) in [6.45, 7) is 0.493. The lowest BCUT2D eigenvalue weighted by Crippen LogP contribution is -2.45. The number of hydrogen-bond acceptors (Lipinski definition) is 9. The van der Waals surface area contributed by atoms with Gasteiger partial charge in [-0.25, -0.2) is 27.5 Å². The molecule has 1 aliphatic rings. The van der Waals surface area contributed by atoms with Gasteiger partial charge >= 0.3 is 0 Å². The predicted molar refractivity (Wildman–Crippen MR) is 171 cm³/mol. The van der Waals surface area contributed by atoms with Crippen molar-refractivity contribution < 1.29 is 36.6 Å². The lowest BCUT2D eigenvalue weighted by Gasteiger charge is -2.34. The molecule has 0 aliphatic carbocycles. The second-order valence-corrected chi connectivity index (χ2v) is 11.1. The number of piperazine rings is 1. The Morgan fingerprint density at radius 2 is 1.65 bits per heavy atom. The summed E-state index contributed by atoms with van der Waals surface area (Å²) >= 11 is 0. The van der Waals surface area contributed by atoms with E-state index in [-0.39, 0.29) is 28.5 Å². The van der Waals surface area contributed by atoms with E-state index in [0.29, 0.717) is 48.6 Å². The van der Waals surface area contributed by atoms with E-state index >= 15 is 13.2 Å². The quantitative estimate of drug-likeness (QED) is 0.214. The van der Waals surface area contributed by atoms with E-state index in [2.05, 4.69) is 15.3 Å². The summed E-state index contributed by atoms with van der Waals surface area (Å²) in [4.78, 5) is 38.6. The summed E-state index contributed by atoms with van der Waals surface area (Å²) in [5.74, 6) is -3.27. The Balaban J connectivity index is 1.29. The molecule has 5 aromatic rings. The van der Waals surface area contributed by atoms with Gasteiger partial charge in [-0.3, -0.25) is 9.59 Å². The van der Waals surface area contributed by atoms with E-state index in [1.807, 2.05) is 11.9 Å². The third-order valence-corrected chi connectivity index (χ3v) is 8.12. The van der Waals surface area contributed by atoms with Crippen LogP contribution in [0.15, 0.2) is 53.7 Å². The van der Waals surface area contributed by atoms with E-state index in [4.69, 9.17) is 14.2 Å². The van der Waals surface area contributed by atoms with Crippen molar-refractivity contribution in [2.75, 3.05) is 64.3 Å². The van der Waals surface area contributed by atoms with Crippen LogP contribution in [0.2, 0.25) is 0 Å². The number of likely N-dealkylation sites (N-methyl/N-ethyl adjacent to an activating group) is 1. The molecule has 1 saturated heterocycles. The van der Waals surface area contributed by atoms with Gasteiger partial charge in [0.15, 0.2) is 28.9 Å². The highest BCUT2D eigenvalue weighted by molar-refractivity contribution is 6.06. The number of carbonyl (C=O) groups excluding carboxylic acids is 1. The first-order chi connectivity index (χ1) is 23.1. The zero-order valence-corrected chi connectivity index (χ0v) is 26.2. The van der Waals surface area contributed by atoms with Gasteiger partial charge in [0, 0.05) is 50.2 Å². The maximum atomic E-state index is 15.9. The van der Waals surface area contributed by atoms with Crippen molar-refractivity contribution in [2.24, 2.45) is 0 Å². The molecule has 2 aromatic heterocycles. The van der Waals surface area contributed by atoms with Crippen molar-refractivity contribution in [1.29, 1.82) is 0 Å². The summed E-state index contributed by atoms with van der Waals surface area (Å²) in [5.41, 5.74) is -1.71. The van der Waals surface area contributed by atoms with E-state index in [0.717, 1.165) is 22.9 Å². The molecule has 0 spiro atoms. The number of hydrogen-bond donors (Lipinski definition) is 1. The van der Waals surface area contributed by atoms with Crippen molar-refractivity contribution in [3.63, 3.8) is 0 Å². The molecule has 48 heavy (non-hydrogen) atoms. The van der Waals surface area contributed by atoms with Crippen LogP contribution in [-0.4, -0.2) is 79.5 Å². The second-order valence-electron chi connectivity index (χ2n) is 11.1. The number of alkyl halides is 1. The zero-order valence-electron chi connectivity index (χ0n) is 26.2. The molecule has 250 valence electrons. The molecule has 1 amide bonds. The van der Waals surface area contributed by atoms with Crippen molar-refractivity contribution in [3.05, 3.63) is 82.2 Å². The Morgan fingerprint density at radius 3 is 2.33 bits per heavy atom. The highest BCUT2D eigenvalue weighted by atomic mass is 19.1. The van der Waals surface area contributed by atoms with Crippen molar-refractivity contribution >= 4 is 39.1 Å². The van der Waals surface area contributed by atoms with Gasteiger partial charge in [-0.1, -0.05) is 0 Å². The summed E-state index contributed by atoms with van der Waals surface area (Å²) in [5, 5.41) is 2.41.